The Labute approximate surface area is 132 Å². The first-order chi connectivity index (χ1) is 10.3. The highest BCUT2D eigenvalue weighted by molar-refractivity contribution is 5.96. The van der Waals surface area contributed by atoms with Gasteiger partial charge in [-0.15, -0.1) is 0 Å². The van der Waals surface area contributed by atoms with Crippen molar-refractivity contribution in [3.05, 3.63) is 0 Å². The summed E-state index contributed by atoms with van der Waals surface area (Å²) in [4.78, 5) is 36.9. The van der Waals surface area contributed by atoms with Gasteiger partial charge in [0.2, 0.25) is 11.8 Å². The fraction of sp³-hybridized carbons (Fsp3) is 0.800. The molecule has 0 aromatic rings. The van der Waals surface area contributed by atoms with Crippen molar-refractivity contribution in [3.8, 4) is 0 Å². The topological polar surface area (TPSA) is 90.5 Å². The summed E-state index contributed by atoms with van der Waals surface area (Å²) < 4.78 is 0. The Balaban J connectivity index is 2.44. The highest BCUT2D eigenvalue weighted by Crippen LogP contribution is 2.13. The highest BCUT2D eigenvalue weighted by Gasteiger charge is 2.28. The normalized spacial score (nSPS) is 20.3. The molecule has 0 aromatic heterocycles. The Kier molecular flexibility index (Phi) is 7.31. The van der Waals surface area contributed by atoms with Gasteiger partial charge in [-0.1, -0.05) is 13.8 Å². The second kappa shape index (κ2) is 8.73. The summed E-state index contributed by atoms with van der Waals surface area (Å²) in [5.41, 5.74) is 0. The Hall–Kier alpha value is -1.63. The molecule has 1 aliphatic heterocycles. The van der Waals surface area contributed by atoms with Gasteiger partial charge in [0.25, 0.3) is 0 Å². The van der Waals surface area contributed by atoms with Crippen LogP contribution in [0.25, 0.3) is 0 Å². The zero-order valence-corrected chi connectivity index (χ0v) is 13.9. The number of amides is 4. The van der Waals surface area contributed by atoms with Gasteiger partial charge >= 0.3 is 6.03 Å². The number of rotatable bonds is 5. The van der Waals surface area contributed by atoms with Crippen LogP contribution in [0.3, 0.4) is 0 Å². The predicted octanol–water partition coefficient (Wildman–Crippen LogP) is 0.457. The molecule has 1 aliphatic rings. The zero-order valence-electron chi connectivity index (χ0n) is 13.9. The average molecular weight is 312 g/mol. The molecule has 7 heteroatoms. The molecule has 2 atom stereocenters. The van der Waals surface area contributed by atoms with Gasteiger partial charge in [0.05, 0.1) is 6.04 Å². The first-order valence-corrected chi connectivity index (χ1v) is 7.89. The molecule has 0 spiro atoms. The third kappa shape index (κ3) is 6.43. The molecule has 1 rings (SSSR count). The summed E-state index contributed by atoms with van der Waals surface area (Å²) in [5, 5.41) is 7.92. The largest absolute Gasteiger partial charge is 0.352 e. The van der Waals surface area contributed by atoms with Crippen molar-refractivity contribution < 1.29 is 14.4 Å². The minimum atomic E-state index is -0.457. The minimum absolute atomic E-state index is 0.0583. The summed E-state index contributed by atoms with van der Waals surface area (Å²) in [7, 11) is 0. The lowest BCUT2D eigenvalue weighted by Crippen LogP contribution is -2.55. The number of nitrogens with zero attached hydrogens (tertiary/aromatic N) is 1. The molecule has 0 aromatic carbocycles. The molecule has 22 heavy (non-hydrogen) atoms. The first-order valence-electron chi connectivity index (χ1n) is 7.89. The molecular weight excluding hydrogens is 284 g/mol. The van der Waals surface area contributed by atoms with Gasteiger partial charge in [0.1, 0.15) is 0 Å². The number of piperidine rings is 1. The van der Waals surface area contributed by atoms with Crippen LogP contribution >= 0.6 is 0 Å². The molecule has 1 heterocycles. The Morgan fingerprint density at radius 3 is 2.50 bits per heavy atom. The second-order valence-corrected chi connectivity index (χ2v) is 6.30. The van der Waals surface area contributed by atoms with Crippen molar-refractivity contribution in [2.45, 2.75) is 52.6 Å². The zero-order chi connectivity index (χ0) is 16.7. The molecule has 4 amide bonds. The van der Waals surface area contributed by atoms with Gasteiger partial charge in [-0.05, 0) is 32.2 Å². The standard InChI is InChI=1S/C15H28N4O3/c1-10(2)8-16-15(22)18-14(21)11(3)19-7-5-6-13(9-19)17-12(4)20/h10-11,13H,5-9H2,1-4H3,(H,17,20)(H2,16,18,21,22). The second-order valence-electron chi connectivity index (χ2n) is 6.30. The number of likely N-dealkylation sites (tertiary alicyclic amines) is 1. The lowest BCUT2D eigenvalue weighted by Gasteiger charge is -2.36. The number of hydrogen-bond donors (Lipinski definition) is 3. The number of hydrogen-bond acceptors (Lipinski definition) is 4. The van der Waals surface area contributed by atoms with Crippen molar-refractivity contribution >= 4 is 17.8 Å². The van der Waals surface area contributed by atoms with Gasteiger partial charge < -0.3 is 10.6 Å². The first kappa shape index (κ1) is 18.4. The summed E-state index contributed by atoms with van der Waals surface area (Å²) in [6.07, 6.45) is 1.83. The van der Waals surface area contributed by atoms with Crippen molar-refractivity contribution in [1.29, 1.82) is 0 Å². The maximum absolute atomic E-state index is 12.1. The highest BCUT2D eigenvalue weighted by atomic mass is 16.2. The van der Waals surface area contributed by atoms with Crippen LogP contribution in [0, 0.1) is 5.92 Å². The average Bonchev–Trinajstić information content (AvgIpc) is 2.43. The summed E-state index contributed by atoms with van der Waals surface area (Å²) in [5.74, 6) is -0.0412. The van der Waals surface area contributed by atoms with Gasteiger partial charge in [-0.3, -0.25) is 19.8 Å². The molecule has 1 fully saturated rings. The number of carbonyl (C=O) groups excluding carboxylic acids is 3. The van der Waals surface area contributed by atoms with E-state index in [0.29, 0.717) is 19.0 Å². The molecule has 2 unspecified atom stereocenters. The molecule has 7 nitrogen and oxygen atoms in total. The fourth-order valence-corrected chi connectivity index (χ4v) is 2.49. The van der Waals surface area contributed by atoms with Gasteiger partial charge in [0.15, 0.2) is 0 Å². The molecule has 126 valence electrons. The quantitative estimate of drug-likeness (QED) is 0.688. The van der Waals surface area contributed by atoms with E-state index < -0.39 is 12.1 Å². The minimum Gasteiger partial charge on any atom is -0.352 e. The van der Waals surface area contributed by atoms with Crippen LogP contribution in [-0.4, -0.2) is 54.5 Å². The molecule has 0 saturated carbocycles. The molecule has 1 saturated heterocycles. The van der Waals surface area contributed by atoms with Crippen LogP contribution in [0.2, 0.25) is 0 Å². The number of nitrogens with one attached hydrogen (secondary N) is 3. The third-order valence-corrected chi connectivity index (χ3v) is 3.69. The van der Waals surface area contributed by atoms with Gasteiger partial charge in [0, 0.05) is 26.1 Å². The summed E-state index contributed by atoms with van der Waals surface area (Å²) in [6, 6.07) is -0.793. The summed E-state index contributed by atoms with van der Waals surface area (Å²) >= 11 is 0. The van der Waals surface area contributed by atoms with Crippen LogP contribution < -0.4 is 16.0 Å². The number of urea groups is 1. The van der Waals surface area contributed by atoms with E-state index in [1.165, 1.54) is 6.92 Å². The predicted molar refractivity (Wildman–Crippen MR) is 84.3 cm³/mol. The number of imide groups is 1. The van der Waals surface area contributed by atoms with E-state index in [2.05, 4.69) is 16.0 Å². The van der Waals surface area contributed by atoms with Gasteiger partial charge in [-0.25, -0.2) is 4.79 Å². The Morgan fingerprint density at radius 1 is 1.23 bits per heavy atom. The molecule has 0 bridgehead atoms. The Morgan fingerprint density at radius 2 is 1.91 bits per heavy atom. The lowest BCUT2D eigenvalue weighted by molar-refractivity contribution is -0.125. The van der Waals surface area contributed by atoms with Crippen molar-refractivity contribution in [1.82, 2.24) is 20.9 Å². The molecule has 0 radical (unpaired) electrons. The third-order valence-electron chi connectivity index (χ3n) is 3.69. The summed E-state index contributed by atoms with van der Waals surface area (Å²) in [6.45, 7) is 9.19. The maximum atomic E-state index is 12.1. The van der Waals surface area contributed by atoms with Crippen molar-refractivity contribution in [3.63, 3.8) is 0 Å². The van der Waals surface area contributed by atoms with Crippen LogP contribution in [-0.2, 0) is 9.59 Å². The van der Waals surface area contributed by atoms with E-state index in [-0.39, 0.29) is 17.9 Å². The van der Waals surface area contributed by atoms with Crippen LogP contribution in [0.1, 0.15) is 40.5 Å². The van der Waals surface area contributed by atoms with E-state index in [4.69, 9.17) is 0 Å². The molecular formula is C15H28N4O3. The molecule has 3 N–H and O–H groups in total. The van der Waals surface area contributed by atoms with Crippen molar-refractivity contribution in [2.24, 2.45) is 5.92 Å². The lowest BCUT2D eigenvalue weighted by atomic mass is 10.0. The monoisotopic (exact) mass is 312 g/mol. The van der Waals surface area contributed by atoms with Gasteiger partial charge in [-0.2, -0.15) is 0 Å². The van der Waals surface area contributed by atoms with Crippen molar-refractivity contribution in [2.75, 3.05) is 19.6 Å². The van der Waals surface area contributed by atoms with Crippen LogP contribution in [0.5, 0.6) is 0 Å². The maximum Gasteiger partial charge on any atom is 0.321 e. The Bertz CT molecular complexity index is 412. The molecule has 0 aliphatic carbocycles. The van der Waals surface area contributed by atoms with E-state index >= 15 is 0 Å². The van der Waals surface area contributed by atoms with E-state index in [9.17, 15) is 14.4 Å². The van der Waals surface area contributed by atoms with Crippen LogP contribution in [0.4, 0.5) is 4.79 Å². The fourth-order valence-electron chi connectivity index (χ4n) is 2.49. The number of carbonyl (C=O) groups is 3. The van der Waals surface area contributed by atoms with Crippen LogP contribution in [0.15, 0.2) is 0 Å². The van der Waals surface area contributed by atoms with E-state index in [1.54, 1.807) is 6.92 Å². The smallest absolute Gasteiger partial charge is 0.321 e. The van der Waals surface area contributed by atoms with E-state index in [0.717, 1.165) is 19.4 Å². The van der Waals surface area contributed by atoms with E-state index in [1.807, 2.05) is 18.7 Å². The SMILES string of the molecule is CC(=O)NC1CCCN(C(C)C(=O)NC(=O)NCC(C)C)C1.